The molecule has 0 aliphatic heterocycles. The van der Waals surface area contributed by atoms with Crippen molar-refractivity contribution in [3.8, 4) is 0 Å². The number of nitrogen functional groups attached to an aromatic ring is 1. The Balaban J connectivity index is 2.75. The Morgan fingerprint density at radius 2 is 2.29 bits per heavy atom. The molecule has 0 unspecified atom stereocenters. The van der Waals surface area contributed by atoms with Crippen LogP contribution in [-0.2, 0) is 16.0 Å². The largest absolute Gasteiger partial charge is 0.466 e. The van der Waals surface area contributed by atoms with Crippen molar-refractivity contribution in [1.82, 2.24) is 0 Å². The molecular weight excluding hydrogens is 293 g/mol. The summed E-state index contributed by atoms with van der Waals surface area (Å²) in [5.74, 6) is -0.235. The van der Waals surface area contributed by atoms with Crippen LogP contribution in [-0.4, -0.2) is 12.6 Å². The minimum absolute atomic E-state index is 0.235. The fourth-order valence-electron chi connectivity index (χ4n) is 1.09. The molecule has 0 radical (unpaired) electrons. The highest BCUT2D eigenvalue weighted by Gasteiger charge is 2.07. The van der Waals surface area contributed by atoms with E-state index in [1.165, 1.54) is 0 Å². The molecule has 14 heavy (non-hydrogen) atoms. The average molecular weight is 305 g/mol. The fraction of sp³-hybridized carbons (Fsp3) is 0.300. The second-order valence-corrected chi connectivity index (χ2v) is 4.07. The summed E-state index contributed by atoms with van der Waals surface area (Å²) in [6.07, 6.45) is 0.247. The summed E-state index contributed by atoms with van der Waals surface area (Å²) in [5, 5.41) is 0. The lowest BCUT2D eigenvalue weighted by Gasteiger charge is -2.05. The molecule has 0 amide bonds. The van der Waals surface area contributed by atoms with Crippen molar-refractivity contribution in [2.45, 2.75) is 13.3 Å². The molecular formula is C10H12INO2. The molecule has 76 valence electrons. The first kappa shape index (κ1) is 11.3. The molecule has 0 saturated carbocycles. The van der Waals surface area contributed by atoms with E-state index in [4.69, 9.17) is 10.5 Å². The quantitative estimate of drug-likeness (QED) is 0.528. The molecule has 3 nitrogen and oxygen atoms in total. The molecule has 0 fully saturated rings. The number of esters is 1. The van der Waals surface area contributed by atoms with Crippen LogP contribution >= 0.6 is 22.6 Å². The zero-order valence-electron chi connectivity index (χ0n) is 7.92. The van der Waals surface area contributed by atoms with Crippen molar-refractivity contribution in [2.75, 3.05) is 12.3 Å². The van der Waals surface area contributed by atoms with E-state index in [1.54, 1.807) is 13.0 Å². The molecule has 0 heterocycles. The number of hydrogen-bond donors (Lipinski definition) is 1. The van der Waals surface area contributed by atoms with Gasteiger partial charge in [0.15, 0.2) is 0 Å². The Morgan fingerprint density at radius 1 is 1.57 bits per heavy atom. The summed E-state index contributed by atoms with van der Waals surface area (Å²) in [7, 11) is 0. The summed E-state index contributed by atoms with van der Waals surface area (Å²) >= 11 is 2.18. The molecule has 0 aliphatic rings. The summed E-state index contributed by atoms with van der Waals surface area (Å²) < 4.78 is 5.91. The van der Waals surface area contributed by atoms with E-state index < -0.39 is 0 Å². The third kappa shape index (κ3) is 3.17. The summed E-state index contributed by atoms with van der Waals surface area (Å²) in [6.45, 7) is 2.19. The van der Waals surface area contributed by atoms with Gasteiger partial charge in [0.2, 0.25) is 0 Å². The maximum atomic E-state index is 11.2. The van der Waals surface area contributed by atoms with Gasteiger partial charge in [0.25, 0.3) is 0 Å². The molecule has 0 bridgehead atoms. The molecule has 1 aromatic rings. The second-order valence-electron chi connectivity index (χ2n) is 2.82. The number of carbonyl (C=O) groups excluding carboxylic acids is 1. The Bertz CT molecular complexity index is 339. The van der Waals surface area contributed by atoms with Crippen LogP contribution in [0.5, 0.6) is 0 Å². The summed E-state index contributed by atoms with van der Waals surface area (Å²) in [6, 6.07) is 5.60. The van der Waals surface area contributed by atoms with Crippen molar-refractivity contribution in [3.63, 3.8) is 0 Å². The van der Waals surface area contributed by atoms with Gasteiger partial charge >= 0.3 is 5.97 Å². The standard InChI is InChI=1S/C10H12INO2/c1-2-14-10(13)6-7-5-8(11)3-4-9(7)12/h3-5H,2,6,12H2,1H3. The van der Waals surface area contributed by atoms with Gasteiger partial charge in [-0.05, 0) is 53.3 Å². The van der Waals surface area contributed by atoms with Crippen molar-refractivity contribution >= 4 is 34.2 Å². The van der Waals surface area contributed by atoms with E-state index in [0.717, 1.165) is 9.13 Å². The topological polar surface area (TPSA) is 52.3 Å². The Morgan fingerprint density at radius 3 is 2.93 bits per heavy atom. The van der Waals surface area contributed by atoms with Crippen LogP contribution in [0.25, 0.3) is 0 Å². The number of hydrogen-bond acceptors (Lipinski definition) is 3. The third-order valence-corrected chi connectivity index (χ3v) is 2.42. The SMILES string of the molecule is CCOC(=O)Cc1cc(I)ccc1N. The second kappa shape index (κ2) is 5.19. The average Bonchev–Trinajstić information content (AvgIpc) is 2.12. The van der Waals surface area contributed by atoms with Gasteiger partial charge in [-0.3, -0.25) is 4.79 Å². The third-order valence-electron chi connectivity index (χ3n) is 1.75. The minimum Gasteiger partial charge on any atom is -0.466 e. The maximum Gasteiger partial charge on any atom is 0.310 e. The number of ether oxygens (including phenoxy) is 1. The lowest BCUT2D eigenvalue weighted by Crippen LogP contribution is -2.09. The highest BCUT2D eigenvalue weighted by Crippen LogP contribution is 2.16. The summed E-state index contributed by atoms with van der Waals surface area (Å²) in [4.78, 5) is 11.2. The van der Waals surface area contributed by atoms with Crippen LogP contribution in [0.1, 0.15) is 12.5 Å². The van der Waals surface area contributed by atoms with Crippen molar-refractivity contribution in [3.05, 3.63) is 27.3 Å². The van der Waals surface area contributed by atoms with Gasteiger partial charge in [-0.2, -0.15) is 0 Å². The van der Waals surface area contributed by atoms with Gasteiger partial charge in [-0.15, -0.1) is 0 Å². The number of anilines is 1. The van der Waals surface area contributed by atoms with E-state index in [-0.39, 0.29) is 12.4 Å². The first-order chi connectivity index (χ1) is 6.63. The number of nitrogens with two attached hydrogens (primary N) is 1. The van der Waals surface area contributed by atoms with Crippen LogP contribution in [0.15, 0.2) is 18.2 Å². The van der Waals surface area contributed by atoms with Gasteiger partial charge in [-0.25, -0.2) is 0 Å². The predicted molar refractivity (Wildman–Crippen MR) is 63.9 cm³/mol. The monoisotopic (exact) mass is 305 g/mol. The van der Waals surface area contributed by atoms with Crippen LogP contribution in [0, 0.1) is 3.57 Å². The van der Waals surface area contributed by atoms with Crippen molar-refractivity contribution in [2.24, 2.45) is 0 Å². The van der Waals surface area contributed by atoms with Gasteiger partial charge < -0.3 is 10.5 Å². The minimum atomic E-state index is -0.235. The highest BCUT2D eigenvalue weighted by atomic mass is 127. The number of halogens is 1. The molecule has 0 spiro atoms. The van der Waals surface area contributed by atoms with Gasteiger partial charge in [0.1, 0.15) is 0 Å². The molecule has 0 aliphatic carbocycles. The lowest BCUT2D eigenvalue weighted by molar-refractivity contribution is -0.142. The number of benzene rings is 1. The van der Waals surface area contributed by atoms with Crippen LogP contribution < -0.4 is 5.73 Å². The van der Waals surface area contributed by atoms with E-state index >= 15 is 0 Å². The van der Waals surface area contributed by atoms with Crippen molar-refractivity contribution in [1.29, 1.82) is 0 Å². The van der Waals surface area contributed by atoms with Gasteiger partial charge in [0.05, 0.1) is 13.0 Å². The zero-order chi connectivity index (χ0) is 10.6. The maximum absolute atomic E-state index is 11.2. The normalized spacial score (nSPS) is 9.86. The van der Waals surface area contributed by atoms with E-state index in [1.807, 2.05) is 12.1 Å². The predicted octanol–water partition coefficient (Wildman–Crippen LogP) is 1.98. The smallest absolute Gasteiger partial charge is 0.310 e. The molecule has 0 atom stereocenters. The Kier molecular flexibility index (Phi) is 4.19. The van der Waals surface area contributed by atoms with E-state index in [9.17, 15) is 4.79 Å². The van der Waals surface area contributed by atoms with Crippen LogP contribution in [0.2, 0.25) is 0 Å². The number of rotatable bonds is 3. The first-order valence-electron chi connectivity index (χ1n) is 4.33. The van der Waals surface area contributed by atoms with Gasteiger partial charge in [0, 0.05) is 9.26 Å². The van der Waals surface area contributed by atoms with Crippen LogP contribution in [0.3, 0.4) is 0 Å². The first-order valence-corrected chi connectivity index (χ1v) is 5.41. The van der Waals surface area contributed by atoms with Crippen LogP contribution in [0.4, 0.5) is 5.69 Å². The highest BCUT2D eigenvalue weighted by molar-refractivity contribution is 14.1. The van der Waals surface area contributed by atoms with E-state index in [0.29, 0.717) is 12.3 Å². The summed E-state index contributed by atoms with van der Waals surface area (Å²) in [5.41, 5.74) is 7.19. The number of carbonyl (C=O) groups is 1. The Labute approximate surface area is 96.8 Å². The fourth-order valence-corrected chi connectivity index (χ4v) is 1.65. The molecule has 0 saturated heterocycles. The molecule has 4 heteroatoms. The lowest BCUT2D eigenvalue weighted by atomic mass is 10.1. The van der Waals surface area contributed by atoms with Crippen molar-refractivity contribution < 1.29 is 9.53 Å². The molecule has 0 aromatic heterocycles. The Hall–Kier alpha value is -0.780. The van der Waals surface area contributed by atoms with E-state index in [2.05, 4.69) is 22.6 Å². The molecule has 1 rings (SSSR count). The van der Waals surface area contributed by atoms with Gasteiger partial charge in [-0.1, -0.05) is 0 Å². The molecule has 1 aromatic carbocycles. The zero-order valence-corrected chi connectivity index (χ0v) is 10.1. The molecule has 2 N–H and O–H groups in total.